The van der Waals surface area contributed by atoms with Crippen LogP contribution in [0.2, 0.25) is 0 Å². The summed E-state index contributed by atoms with van der Waals surface area (Å²) in [6, 6.07) is 0. The minimum Gasteiger partial charge on any atom is -0.295 e. The summed E-state index contributed by atoms with van der Waals surface area (Å²) < 4.78 is 0. The number of carbonyl (C=O) groups is 2. The molecule has 0 spiro atoms. The summed E-state index contributed by atoms with van der Waals surface area (Å²) in [6.45, 7) is 3.92. The van der Waals surface area contributed by atoms with Crippen molar-refractivity contribution in [2.24, 2.45) is 11.8 Å². The van der Waals surface area contributed by atoms with Crippen LogP contribution in [-0.2, 0) is 14.4 Å². The minimum atomic E-state index is -0.477. The molecule has 0 atom stereocenters. The molecule has 15 heavy (non-hydrogen) atoms. The Hall–Kier alpha value is -1.14. The molecule has 0 radical (unpaired) electrons. The molecule has 4 N–H and O–H groups in total. The van der Waals surface area contributed by atoms with Crippen LogP contribution in [0, 0.1) is 5.92 Å². The van der Waals surface area contributed by atoms with E-state index in [1.807, 2.05) is 0 Å². The average molecular weight is 217 g/mol. The summed E-state index contributed by atoms with van der Waals surface area (Å²) in [6.07, 6.45) is 2.21. The Morgan fingerprint density at radius 3 is 2.40 bits per heavy atom. The largest absolute Gasteiger partial charge is 0.295 e. The van der Waals surface area contributed by atoms with Gasteiger partial charge in [0.25, 0.3) is 5.91 Å². The maximum Gasteiger partial charge on any atom is 0.266 e. The van der Waals surface area contributed by atoms with Gasteiger partial charge in [-0.2, -0.15) is 0 Å². The highest BCUT2D eigenvalue weighted by Crippen LogP contribution is 2.05. The highest BCUT2D eigenvalue weighted by atomic mass is 16.6. The van der Waals surface area contributed by atoms with Crippen LogP contribution in [0.1, 0.15) is 33.1 Å². The Morgan fingerprint density at radius 2 is 1.87 bits per heavy atom. The average Bonchev–Trinajstić information content (AvgIpc) is 2.14. The van der Waals surface area contributed by atoms with Gasteiger partial charge in [0.2, 0.25) is 5.91 Å². The number of amides is 2. The standard InChI is InChI=1S/C9H19N3O3/c1-7(2)4-3-5-8(13)11-12-9(14)6-15-10/h7H,3-6,10H2,1-2H3,(H,11,13)(H,12,14). The summed E-state index contributed by atoms with van der Waals surface area (Å²) >= 11 is 0. The van der Waals surface area contributed by atoms with Gasteiger partial charge in [-0.05, 0) is 12.3 Å². The third kappa shape index (κ3) is 9.17. The Labute approximate surface area is 89.5 Å². The van der Waals surface area contributed by atoms with Gasteiger partial charge in [0.15, 0.2) is 0 Å². The minimum absolute atomic E-state index is 0.207. The molecule has 0 aromatic rings. The fourth-order valence-electron chi connectivity index (χ4n) is 0.985. The van der Waals surface area contributed by atoms with Crippen LogP contribution in [0.3, 0.4) is 0 Å². The van der Waals surface area contributed by atoms with Crippen molar-refractivity contribution in [1.82, 2.24) is 10.9 Å². The molecule has 0 bridgehead atoms. The lowest BCUT2D eigenvalue weighted by molar-refractivity contribution is -0.131. The fraction of sp³-hybridized carbons (Fsp3) is 0.778. The van der Waals surface area contributed by atoms with E-state index in [0.717, 1.165) is 12.8 Å². The van der Waals surface area contributed by atoms with Crippen molar-refractivity contribution in [2.45, 2.75) is 33.1 Å². The lowest BCUT2D eigenvalue weighted by Gasteiger charge is -2.07. The number of carbonyl (C=O) groups excluding carboxylic acids is 2. The summed E-state index contributed by atoms with van der Waals surface area (Å²) in [4.78, 5) is 26.0. The van der Waals surface area contributed by atoms with Crippen molar-refractivity contribution < 1.29 is 14.4 Å². The van der Waals surface area contributed by atoms with Crippen molar-refractivity contribution in [1.29, 1.82) is 0 Å². The normalized spacial score (nSPS) is 10.1. The lowest BCUT2D eigenvalue weighted by atomic mass is 10.1. The molecular formula is C9H19N3O3. The van der Waals surface area contributed by atoms with Crippen LogP contribution >= 0.6 is 0 Å². The Kier molecular flexibility index (Phi) is 7.57. The van der Waals surface area contributed by atoms with Crippen LogP contribution in [0.15, 0.2) is 0 Å². The van der Waals surface area contributed by atoms with Crippen LogP contribution in [0.25, 0.3) is 0 Å². The molecule has 6 nitrogen and oxygen atoms in total. The van der Waals surface area contributed by atoms with E-state index in [2.05, 4.69) is 35.4 Å². The summed E-state index contributed by atoms with van der Waals surface area (Å²) in [5, 5.41) is 0. The van der Waals surface area contributed by atoms with Gasteiger partial charge in [-0.3, -0.25) is 25.3 Å². The monoisotopic (exact) mass is 217 g/mol. The van der Waals surface area contributed by atoms with Crippen LogP contribution in [0.4, 0.5) is 0 Å². The van der Waals surface area contributed by atoms with Gasteiger partial charge in [-0.15, -0.1) is 0 Å². The van der Waals surface area contributed by atoms with Crippen molar-refractivity contribution in [3.05, 3.63) is 0 Å². The van der Waals surface area contributed by atoms with Gasteiger partial charge >= 0.3 is 0 Å². The van der Waals surface area contributed by atoms with Crippen LogP contribution in [-0.4, -0.2) is 18.4 Å². The van der Waals surface area contributed by atoms with E-state index in [1.165, 1.54) is 0 Å². The highest BCUT2D eigenvalue weighted by Gasteiger charge is 2.04. The van der Waals surface area contributed by atoms with Crippen molar-refractivity contribution in [3.8, 4) is 0 Å². The number of hydrazine groups is 1. The molecule has 0 aliphatic rings. The van der Waals surface area contributed by atoms with E-state index in [9.17, 15) is 9.59 Å². The first-order valence-corrected chi connectivity index (χ1v) is 4.95. The zero-order valence-corrected chi connectivity index (χ0v) is 9.21. The Balaban J connectivity index is 3.45. The van der Waals surface area contributed by atoms with E-state index >= 15 is 0 Å². The second-order valence-electron chi connectivity index (χ2n) is 3.69. The van der Waals surface area contributed by atoms with Crippen LogP contribution < -0.4 is 16.7 Å². The van der Waals surface area contributed by atoms with E-state index < -0.39 is 5.91 Å². The topological polar surface area (TPSA) is 93.5 Å². The highest BCUT2D eigenvalue weighted by molar-refractivity contribution is 5.82. The molecule has 0 heterocycles. The first-order chi connectivity index (χ1) is 7.06. The quantitative estimate of drug-likeness (QED) is 0.539. The predicted molar refractivity (Wildman–Crippen MR) is 55.1 cm³/mol. The molecule has 0 aliphatic carbocycles. The summed E-state index contributed by atoms with van der Waals surface area (Å²) in [5.41, 5.74) is 4.44. The summed E-state index contributed by atoms with van der Waals surface area (Å²) in [5.74, 6) is 4.57. The fourth-order valence-corrected chi connectivity index (χ4v) is 0.985. The number of nitrogens with two attached hydrogens (primary N) is 1. The molecule has 0 aromatic heterocycles. The second-order valence-corrected chi connectivity index (χ2v) is 3.69. The Morgan fingerprint density at radius 1 is 1.27 bits per heavy atom. The first-order valence-electron chi connectivity index (χ1n) is 4.95. The zero-order chi connectivity index (χ0) is 11.7. The number of nitrogens with one attached hydrogen (secondary N) is 2. The first kappa shape index (κ1) is 13.9. The molecule has 0 saturated heterocycles. The van der Waals surface area contributed by atoms with Gasteiger partial charge < -0.3 is 0 Å². The van der Waals surface area contributed by atoms with Crippen LogP contribution in [0.5, 0.6) is 0 Å². The van der Waals surface area contributed by atoms with Gasteiger partial charge in [0.1, 0.15) is 6.61 Å². The molecule has 0 saturated carbocycles. The molecular weight excluding hydrogens is 198 g/mol. The van der Waals surface area contributed by atoms with Crippen molar-refractivity contribution >= 4 is 11.8 Å². The molecule has 6 heteroatoms. The van der Waals surface area contributed by atoms with E-state index in [0.29, 0.717) is 12.3 Å². The third-order valence-corrected chi connectivity index (χ3v) is 1.74. The van der Waals surface area contributed by atoms with E-state index in [4.69, 9.17) is 0 Å². The van der Waals surface area contributed by atoms with E-state index in [1.54, 1.807) is 0 Å². The molecule has 0 unspecified atom stereocenters. The molecule has 0 fully saturated rings. The van der Waals surface area contributed by atoms with Gasteiger partial charge in [0.05, 0.1) is 0 Å². The molecule has 88 valence electrons. The van der Waals surface area contributed by atoms with Gasteiger partial charge in [0, 0.05) is 6.42 Å². The number of hydrogen-bond donors (Lipinski definition) is 3. The summed E-state index contributed by atoms with van der Waals surface area (Å²) in [7, 11) is 0. The smallest absolute Gasteiger partial charge is 0.266 e. The predicted octanol–water partition coefficient (Wildman–Crippen LogP) is -0.150. The van der Waals surface area contributed by atoms with Gasteiger partial charge in [-0.25, -0.2) is 5.90 Å². The van der Waals surface area contributed by atoms with E-state index in [-0.39, 0.29) is 12.5 Å². The molecule has 2 amide bonds. The molecule has 0 aromatic carbocycles. The maximum atomic E-state index is 11.1. The van der Waals surface area contributed by atoms with Gasteiger partial charge in [-0.1, -0.05) is 20.3 Å². The zero-order valence-electron chi connectivity index (χ0n) is 9.21. The number of rotatable bonds is 6. The SMILES string of the molecule is CC(C)CCCC(=O)NNC(=O)CON. The second kappa shape index (κ2) is 8.19. The van der Waals surface area contributed by atoms with Crippen molar-refractivity contribution in [3.63, 3.8) is 0 Å². The maximum absolute atomic E-state index is 11.1. The molecule has 0 aliphatic heterocycles. The lowest BCUT2D eigenvalue weighted by Crippen LogP contribution is -2.43. The molecule has 0 rings (SSSR count). The Bertz CT molecular complexity index is 207. The van der Waals surface area contributed by atoms with Crippen molar-refractivity contribution in [2.75, 3.05) is 6.61 Å². The number of hydrogen-bond acceptors (Lipinski definition) is 4. The third-order valence-electron chi connectivity index (χ3n) is 1.74.